The van der Waals surface area contributed by atoms with Crippen LogP contribution in [0.15, 0.2) is 50.6 Å². The zero-order valence-corrected chi connectivity index (χ0v) is 10.3. The van der Waals surface area contributed by atoms with Crippen LogP contribution >= 0.6 is 15.9 Å². The first-order chi connectivity index (χ1) is 8.34. The van der Waals surface area contributed by atoms with Crippen LogP contribution in [-0.2, 0) is 10.6 Å². The van der Waals surface area contributed by atoms with Crippen molar-refractivity contribution in [2.45, 2.75) is 5.72 Å². The van der Waals surface area contributed by atoms with Crippen molar-refractivity contribution < 1.29 is 13.7 Å². The van der Waals surface area contributed by atoms with Crippen molar-refractivity contribution in [1.29, 1.82) is 0 Å². The normalized spacial score (nSPS) is 23.5. The van der Waals surface area contributed by atoms with Gasteiger partial charge in [0.25, 0.3) is 5.72 Å². The lowest BCUT2D eigenvalue weighted by atomic mass is 10.2. The second-order valence-electron chi connectivity index (χ2n) is 3.54. The fourth-order valence-electron chi connectivity index (χ4n) is 1.61. The summed E-state index contributed by atoms with van der Waals surface area (Å²) in [6, 6.07) is 7.21. The summed E-state index contributed by atoms with van der Waals surface area (Å²) < 4.78 is 10.6. The van der Waals surface area contributed by atoms with E-state index >= 15 is 0 Å². The second-order valence-corrected chi connectivity index (χ2v) is 4.10. The minimum absolute atomic E-state index is 0.477. The molecule has 0 aromatic carbocycles. The van der Waals surface area contributed by atoms with Crippen molar-refractivity contribution in [3.63, 3.8) is 0 Å². The Morgan fingerprint density at radius 2 is 2.06 bits per heavy atom. The fraction of sp³-hybridized carbons (Fsp3) is 0.182. The first-order valence-corrected chi connectivity index (χ1v) is 6.14. The third kappa shape index (κ3) is 1.69. The summed E-state index contributed by atoms with van der Waals surface area (Å²) in [5.41, 5.74) is 1.87. The van der Waals surface area contributed by atoms with Gasteiger partial charge in [-0.15, -0.1) is 0 Å². The molecule has 0 fully saturated rings. The third-order valence-electron chi connectivity index (χ3n) is 2.45. The van der Waals surface area contributed by atoms with E-state index in [0.717, 1.165) is 0 Å². The fourth-order valence-corrected chi connectivity index (χ4v) is 2.12. The lowest BCUT2D eigenvalue weighted by Crippen LogP contribution is -2.28. The number of hydrogen-bond donors (Lipinski definition) is 1. The van der Waals surface area contributed by atoms with Crippen LogP contribution in [0.2, 0.25) is 0 Å². The molecule has 3 heterocycles. The average molecular weight is 297 g/mol. The predicted molar refractivity (Wildman–Crippen MR) is 63.6 cm³/mol. The van der Waals surface area contributed by atoms with Crippen LogP contribution in [0.5, 0.6) is 0 Å². The van der Waals surface area contributed by atoms with E-state index in [1.54, 1.807) is 24.7 Å². The highest BCUT2D eigenvalue weighted by Crippen LogP contribution is 2.33. The summed E-state index contributed by atoms with van der Waals surface area (Å²) in [5.74, 6) is 1.80. The van der Waals surface area contributed by atoms with Crippen LogP contribution in [-0.4, -0.2) is 11.2 Å². The lowest BCUT2D eigenvalue weighted by molar-refractivity contribution is -0.0543. The number of halogens is 1. The summed E-state index contributed by atoms with van der Waals surface area (Å²) in [6.45, 7) is 0. The van der Waals surface area contributed by atoms with E-state index in [2.05, 4.69) is 26.4 Å². The van der Waals surface area contributed by atoms with Gasteiger partial charge in [-0.25, -0.2) is 15.3 Å². The molecular weight excluding hydrogens is 288 g/mol. The number of aliphatic imine (C=N–C) groups is 1. The molecule has 1 unspecified atom stereocenters. The molecule has 0 bridgehead atoms. The molecule has 1 N–H and O–H groups in total. The molecule has 5 nitrogen and oxygen atoms in total. The van der Waals surface area contributed by atoms with Crippen LogP contribution in [0.4, 0.5) is 0 Å². The Morgan fingerprint density at radius 1 is 1.24 bits per heavy atom. The van der Waals surface area contributed by atoms with Crippen LogP contribution in [0.1, 0.15) is 11.5 Å². The summed E-state index contributed by atoms with van der Waals surface area (Å²) in [7, 11) is 0. The first kappa shape index (κ1) is 10.6. The maximum atomic E-state index is 5.52. The number of nitrogens with zero attached hydrogens (tertiary/aromatic N) is 1. The molecule has 0 saturated carbocycles. The van der Waals surface area contributed by atoms with E-state index in [1.165, 1.54) is 0 Å². The van der Waals surface area contributed by atoms with Gasteiger partial charge in [0.15, 0.2) is 17.4 Å². The highest BCUT2D eigenvalue weighted by molar-refractivity contribution is 9.09. The van der Waals surface area contributed by atoms with Crippen molar-refractivity contribution in [3.05, 3.63) is 48.3 Å². The maximum absolute atomic E-state index is 5.52. The number of rotatable bonds is 3. The van der Waals surface area contributed by atoms with Gasteiger partial charge in [-0.05, 0) is 24.3 Å². The zero-order chi connectivity index (χ0) is 11.7. The summed E-state index contributed by atoms with van der Waals surface area (Å²) in [4.78, 5) is 9.99. The monoisotopic (exact) mass is 296 g/mol. The second kappa shape index (κ2) is 4.05. The molecule has 0 spiro atoms. The van der Waals surface area contributed by atoms with Gasteiger partial charge in [0, 0.05) is 0 Å². The molecule has 0 aliphatic carbocycles. The molecular formula is C11H9BrN2O3. The average Bonchev–Trinajstić information content (AvgIpc) is 3.10. The van der Waals surface area contributed by atoms with Crippen molar-refractivity contribution in [1.82, 2.24) is 5.48 Å². The van der Waals surface area contributed by atoms with Gasteiger partial charge >= 0.3 is 0 Å². The molecule has 1 aliphatic rings. The first-order valence-electron chi connectivity index (χ1n) is 5.02. The molecule has 6 heteroatoms. The SMILES string of the molecule is BrCC1(c2ccco2)N=C(c2ccco2)NO1. The van der Waals surface area contributed by atoms with Gasteiger partial charge in [-0.1, -0.05) is 15.9 Å². The largest absolute Gasteiger partial charge is 0.464 e. The quantitative estimate of drug-likeness (QED) is 0.884. The van der Waals surface area contributed by atoms with Crippen LogP contribution < -0.4 is 5.48 Å². The van der Waals surface area contributed by atoms with Crippen molar-refractivity contribution >= 4 is 21.8 Å². The number of amidine groups is 1. The minimum atomic E-state index is -0.883. The number of nitrogens with one attached hydrogen (secondary N) is 1. The molecule has 2 aromatic rings. The number of alkyl halides is 1. The number of hydroxylamine groups is 1. The molecule has 1 aliphatic heterocycles. The number of furan rings is 2. The highest BCUT2D eigenvalue weighted by Gasteiger charge is 2.41. The van der Waals surface area contributed by atoms with E-state index in [-0.39, 0.29) is 0 Å². The standard InChI is InChI=1S/C11H9BrN2O3/c12-7-11(9-4-2-6-16-9)13-10(14-17-11)8-3-1-5-15-8/h1-6H,7H2,(H,13,14). The van der Waals surface area contributed by atoms with Gasteiger partial charge in [0.2, 0.25) is 0 Å². The molecule has 0 amide bonds. The molecule has 0 radical (unpaired) electrons. The Labute approximate surface area is 106 Å². The Hall–Kier alpha value is -1.53. The van der Waals surface area contributed by atoms with E-state index in [9.17, 15) is 0 Å². The minimum Gasteiger partial charge on any atom is -0.464 e. The Bertz CT molecular complexity index is 521. The molecule has 0 saturated heterocycles. The topological polar surface area (TPSA) is 59.9 Å². The van der Waals surface area contributed by atoms with Crippen molar-refractivity contribution in [2.24, 2.45) is 4.99 Å². The predicted octanol–water partition coefficient (Wildman–Crippen LogP) is 2.40. The lowest BCUT2D eigenvalue weighted by Gasteiger charge is -2.17. The Kier molecular flexibility index (Phi) is 2.53. The highest BCUT2D eigenvalue weighted by atomic mass is 79.9. The molecule has 17 heavy (non-hydrogen) atoms. The van der Waals surface area contributed by atoms with Gasteiger partial charge in [0.05, 0.1) is 17.9 Å². The molecule has 1 atom stereocenters. The van der Waals surface area contributed by atoms with Crippen LogP contribution in [0.25, 0.3) is 0 Å². The number of hydrogen-bond acceptors (Lipinski definition) is 5. The van der Waals surface area contributed by atoms with Crippen LogP contribution in [0.3, 0.4) is 0 Å². The van der Waals surface area contributed by atoms with E-state index in [0.29, 0.717) is 22.7 Å². The van der Waals surface area contributed by atoms with Crippen molar-refractivity contribution in [3.8, 4) is 0 Å². The van der Waals surface area contributed by atoms with E-state index < -0.39 is 5.72 Å². The molecule has 88 valence electrons. The van der Waals surface area contributed by atoms with Gasteiger partial charge in [-0.3, -0.25) is 0 Å². The third-order valence-corrected chi connectivity index (χ3v) is 3.21. The summed E-state index contributed by atoms with van der Waals surface area (Å²) in [6.07, 6.45) is 3.17. The zero-order valence-electron chi connectivity index (χ0n) is 8.72. The summed E-state index contributed by atoms with van der Waals surface area (Å²) >= 11 is 3.38. The molecule has 3 rings (SSSR count). The van der Waals surface area contributed by atoms with Crippen LogP contribution in [0, 0.1) is 0 Å². The van der Waals surface area contributed by atoms with Gasteiger partial charge < -0.3 is 8.83 Å². The van der Waals surface area contributed by atoms with Crippen molar-refractivity contribution in [2.75, 3.05) is 5.33 Å². The Morgan fingerprint density at radius 3 is 2.71 bits per heavy atom. The summed E-state index contributed by atoms with van der Waals surface area (Å²) in [5, 5.41) is 0.477. The van der Waals surface area contributed by atoms with E-state index in [4.69, 9.17) is 13.7 Å². The van der Waals surface area contributed by atoms with E-state index in [1.807, 2.05) is 12.1 Å². The Balaban J connectivity index is 1.99. The smallest absolute Gasteiger partial charge is 0.254 e. The maximum Gasteiger partial charge on any atom is 0.254 e. The van der Waals surface area contributed by atoms with Gasteiger partial charge in [-0.2, -0.15) is 0 Å². The van der Waals surface area contributed by atoms with Gasteiger partial charge in [0.1, 0.15) is 0 Å². The molecule has 2 aromatic heterocycles.